The van der Waals surface area contributed by atoms with E-state index in [0.717, 1.165) is 0 Å². The third-order valence-corrected chi connectivity index (χ3v) is 1.81. The van der Waals surface area contributed by atoms with Gasteiger partial charge in [-0.1, -0.05) is 6.07 Å². The first-order valence-corrected chi connectivity index (χ1v) is 3.48. The SMILES string of the molecule is Nc1cccc2c1C(O)C(=O)O2. The van der Waals surface area contributed by atoms with Crippen LogP contribution in [0.2, 0.25) is 0 Å². The quantitative estimate of drug-likeness (QED) is 0.327. The van der Waals surface area contributed by atoms with Gasteiger partial charge >= 0.3 is 5.97 Å². The number of carbonyl (C=O) groups excluding carboxylic acids is 1. The maximum Gasteiger partial charge on any atom is 0.345 e. The first-order valence-electron chi connectivity index (χ1n) is 3.48. The first-order chi connectivity index (χ1) is 5.70. The zero-order valence-electron chi connectivity index (χ0n) is 6.15. The van der Waals surface area contributed by atoms with Gasteiger partial charge in [0.15, 0.2) is 6.10 Å². The van der Waals surface area contributed by atoms with Crippen LogP contribution in [0.1, 0.15) is 11.7 Å². The molecule has 1 unspecified atom stereocenters. The van der Waals surface area contributed by atoms with Gasteiger partial charge in [0.05, 0.1) is 5.56 Å². The van der Waals surface area contributed by atoms with Gasteiger partial charge in [0.1, 0.15) is 5.75 Å². The predicted octanol–water partition coefficient (Wildman–Crippen LogP) is 0.221. The van der Waals surface area contributed by atoms with Crippen LogP contribution >= 0.6 is 0 Å². The standard InChI is InChI=1S/C8H7NO3/c9-4-2-1-3-5-6(4)7(10)8(11)12-5/h1-3,7,10H,9H2. The van der Waals surface area contributed by atoms with Gasteiger partial charge in [-0.15, -0.1) is 0 Å². The molecule has 3 N–H and O–H groups in total. The van der Waals surface area contributed by atoms with Crippen LogP contribution in [-0.4, -0.2) is 11.1 Å². The molecule has 0 aliphatic carbocycles. The molecule has 0 spiro atoms. The van der Waals surface area contributed by atoms with E-state index in [1.54, 1.807) is 18.2 Å². The molecule has 0 amide bonds. The first kappa shape index (κ1) is 7.12. The van der Waals surface area contributed by atoms with E-state index < -0.39 is 12.1 Å². The van der Waals surface area contributed by atoms with Crippen molar-refractivity contribution >= 4 is 11.7 Å². The highest BCUT2D eigenvalue weighted by Gasteiger charge is 2.32. The number of esters is 1. The molecule has 0 aromatic heterocycles. The number of nitrogen functional groups attached to an aromatic ring is 1. The molecule has 4 nitrogen and oxygen atoms in total. The Hall–Kier alpha value is -1.55. The number of hydrogen-bond acceptors (Lipinski definition) is 4. The normalized spacial score (nSPS) is 20.4. The van der Waals surface area contributed by atoms with E-state index in [1.807, 2.05) is 0 Å². The van der Waals surface area contributed by atoms with Crippen molar-refractivity contribution in [1.82, 2.24) is 0 Å². The highest BCUT2D eigenvalue weighted by molar-refractivity contribution is 5.87. The average molecular weight is 165 g/mol. The Kier molecular flexibility index (Phi) is 1.31. The molecule has 1 atom stereocenters. The molecule has 62 valence electrons. The van der Waals surface area contributed by atoms with Crippen LogP contribution in [0.25, 0.3) is 0 Å². The minimum atomic E-state index is -1.22. The lowest BCUT2D eigenvalue weighted by atomic mass is 10.1. The van der Waals surface area contributed by atoms with Crippen LogP contribution < -0.4 is 10.5 Å². The Bertz CT molecular complexity index is 348. The topological polar surface area (TPSA) is 72.5 Å². The molecule has 0 bridgehead atoms. The van der Waals surface area contributed by atoms with E-state index in [4.69, 9.17) is 10.5 Å². The van der Waals surface area contributed by atoms with Gasteiger partial charge in [-0.05, 0) is 12.1 Å². The number of aliphatic hydroxyl groups is 1. The molecule has 0 fully saturated rings. The van der Waals surface area contributed by atoms with Crippen molar-refractivity contribution in [2.45, 2.75) is 6.10 Å². The van der Waals surface area contributed by atoms with Gasteiger partial charge in [-0.2, -0.15) is 0 Å². The summed E-state index contributed by atoms with van der Waals surface area (Å²) in [6.07, 6.45) is -1.22. The van der Waals surface area contributed by atoms with Crippen LogP contribution in [0.4, 0.5) is 5.69 Å². The number of aliphatic hydroxyl groups excluding tert-OH is 1. The summed E-state index contributed by atoms with van der Waals surface area (Å²) in [6, 6.07) is 4.88. The molecule has 12 heavy (non-hydrogen) atoms. The molecule has 1 aliphatic heterocycles. The third kappa shape index (κ3) is 0.785. The molecule has 1 aromatic carbocycles. The third-order valence-electron chi connectivity index (χ3n) is 1.81. The van der Waals surface area contributed by atoms with E-state index in [-0.39, 0.29) is 0 Å². The Labute approximate surface area is 68.6 Å². The van der Waals surface area contributed by atoms with Crippen molar-refractivity contribution in [1.29, 1.82) is 0 Å². The van der Waals surface area contributed by atoms with Gasteiger partial charge in [0.25, 0.3) is 0 Å². The highest BCUT2D eigenvalue weighted by Crippen LogP contribution is 2.36. The number of hydrogen-bond donors (Lipinski definition) is 2. The number of fused-ring (bicyclic) bond motifs is 1. The van der Waals surface area contributed by atoms with Crippen molar-refractivity contribution in [2.75, 3.05) is 5.73 Å². The molecule has 1 aromatic rings. The van der Waals surface area contributed by atoms with Crippen LogP contribution in [0.15, 0.2) is 18.2 Å². The summed E-state index contributed by atoms with van der Waals surface area (Å²) in [5.74, 6) is -0.310. The largest absolute Gasteiger partial charge is 0.424 e. The Morgan fingerprint density at radius 1 is 1.50 bits per heavy atom. The Morgan fingerprint density at radius 3 is 2.92 bits per heavy atom. The van der Waals surface area contributed by atoms with Crippen molar-refractivity contribution in [3.05, 3.63) is 23.8 Å². The fourth-order valence-electron chi connectivity index (χ4n) is 1.22. The van der Waals surface area contributed by atoms with Crippen LogP contribution in [0.5, 0.6) is 5.75 Å². The molecule has 0 saturated carbocycles. The summed E-state index contributed by atoms with van der Waals surface area (Å²) < 4.78 is 4.73. The number of anilines is 1. The monoisotopic (exact) mass is 165 g/mol. The van der Waals surface area contributed by atoms with Crippen LogP contribution in [-0.2, 0) is 4.79 Å². The van der Waals surface area contributed by atoms with Crippen molar-refractivity contribution < 1.29 is 14.6 Å². The number of rotatable bonds is 0. The second-order valence-electron chi connectivity index (χ2n) is 2.58. The summed E-state index contributed by atoms with van der Waals surface area (Å²) in [6.45, 7) is 0. The molecule has 1 aliphatic rings. The van der Waals surface area contributed by atoms with E-state index in [1.165, 1.54) is 0 Å². The van der Waals surface area contributed by atoms with Crippen LogP contribution in [0, 0.1) is 0 Å². The van der Waals surface area contributed by atoms with Gasteiger partial charge < -0.3 is 15.6 Å². The molecule has 1 heterocycles. The molecular weight excluding hydrogens is 158 g/mol. The maximum atomic E-state index is 10.9. The number of ether oxygens (including phenoxy) is 1. The molecule has 4 heteroatoms. The number of benzene rings is 1. The van der Waals surface area contributed by atoms with Crippen molar-refractivity contribution in [3.8, 4) is 5.75 Å². The lowest BCUT2D eigenvalue weighted by Gasteiger charge is -2.01. The smallest absolute Gasteiger partial charge is 0.345 e. The molecule has 0 radical (unpaired) electrons. The lowest BCUT2D eigenvalue weighted by Crippen LogP contribution is -2.09. The zero-order chi connectivity index (χ0) is 8.72. The second kappa shape index (κ2) is 2.22. The molecular formula is C8H7NO3. The minimum Gasteiger partial charge on any atom is -0.424 e. The Balaban J connectivity index is 2.62. The van der Waals surface area contributed by atoms with E-state index >= 15 is 0 Å². The average Bonchev–Trinajstić information content (AvgIpc) is 2.29. The highest BCUT2D eigenvalue weighted by atomic mass is 16.6. The van der Waals surface area contributed by atoms with Gasteiger partial charge in [0, 0.05) is 5.69 Å². The molecule has 2 rings (SSSR count). The number of nitrogens with two attached hydrogens (primary N) is 1. The second-order valence-corrected chi connectivity index (χ2v) is 2.58. The summed E-state index contributed by atoms with van der Waals surface area (Å²) in [7, 11) is 0. The van der Waals surface area contributed by atoms with E-state index in [9.17, 15) is 9.90 Å². The Morgan fingerprint density at radius 2 is 2.25 bits per heavy atom. The van der Waals surface area contributed by atoms with Crippen molar-refractivity contribution in [3.63, 3.8) is 0 Å². The van der Waals surface area contributed by atoms with Gasteiger partial charge in [-0.3, -0.25) is 0 Å². The fraction of sp³-hybridized carbons (Fsp3) is 0.125. The minimum absolute atomic E-state index is 0.354. The van der Waals surface area contributed by atoms with Gasteiger partial charge in [-0.25, -0.2) is 4.79 Å². The van der Waals surface area contributed by atoms with E-state index in [2.05, 4.69) is 0 Å². The van der Waals surface area contributed by atoms with Crippen LogP contribution in [0.3, 0.4) is 0 Å². The summed E-state index contributed by atoms with van der Waals surface area (Å²) in [4.78, 5) is 10.9. The van der Waals surface area contributed by atoms with Gasteiger partial charge in [0.2, 0.25) is 0 Å². The van der Waals surface area contributed by atoms with Crippen molar-refractivity contribution in [2.24, 2.45) is 0 Å². The summed E-state index contributed by atoms with van der Waals surface area (Å²) >= 11 is 0. The van der Waals surface area contributed by atoms with E-state index in [0.29, 0.717) is 17.0 Å². The fourth-order valence-corrected chi connectivity index (χ4v) is 1.22. The predicted molar refractivity (Wildman–Crippen MR) is 41.4 cm³/mol. The maximum absolute atomic E-state index is 10.9. The zero-order valence-corrected chi connectivity index (χ0v) is 6.15. The number of carbonyl (C=O) groups is 1. The lowest BCUT2D eigenvalue weighted by molar-refractivity contribution is -0.140. The molecule has 0 saturated heterocycles. The summed E-state index contributed by atoms with van der Waals surface area (Å²) in [5, 5.41) is 9.28. The summed E-state index contributed by atoms with van der Waals surface area (Å²) in [5.41, 5.74) is 6.29.